The largest absolute Gasteiger partial charge is 0.396 e. The Kier molecular flexibility index (Phi) is 4.90. The molecule has 0 aliphatic rings. The zero-order valence-corrected chi connectivity index (χ0v) is 10.2. The molecule has 1 rings (SSSR count). The van der Waals surface area contributed by atoms with Crippen molar-refractivity contribution in [3.8, 4) is 0 Å². The first kappa shape index (κ1) is 13.4. The van der Waals surface area contributed by atoms with Crippen LogP contribution in [0, 0.1) is 5.82 Å². The Morgan fingerprint density at radius 1 is 1.53 bits per heavy atom. The van der Waals surface area contributed by atoms with Gasteiger partial charge in [-0.1, -0.05) is 6.92 Å². The number of anilines is 2. The summed E-state index contributed by atoms with van der Waals surface area (Å²) in [6, 6.07) is 4.15. The fraction of sp³-hybridized carbons (Fsp3) is 0.417. The van der Waals surface area contributed by atoms with Gasteiger partial charge in [0, 0.05) is 18.7 Å². The van der Waals surface area contributed by atoms with Crippen molar-refractivity contribution in [2.75, 3.05) is 31.2 Å². The van der Waals surface area contributed by atoms with Crippen LogP contribution in [-0.4, -0.2) is 30.9 Å². The molecule has 0 bridgehead atoms. The van der Waals surface area contributed by atoms with Crippen LogP contribution >= 0.6 is 0 Å². The van der Waals surface area contributed by atoms with Gasteiger partial charge in [-0.25, -0.2) is 4.39 Å². The molecule has 0 aliphatic heterocycles. The minimum Gasteiger partial charge on any atom is -0.396 e. The summed E-state index contributed by atoms with van der Waals surface area (Å²) in [4.78, 5) is 13.6. The normalized spacial score (nSPS) is 10.6. The Labute approximate surface area is 101 Å². The van der Waals surface area contributed by atoms with E-state index < -0.39 is 5.82 Å². The second-order valence-electron chi connectivity index (χ2n) is 3.93. The van der Waals surface area contributed by atoms with E-state index in [4.69, 9.17) is 5.73 Å². The van der Waals surface area contributed by atoms with Gasteiger partial charge in [-0.2, -0.15) is 0 Å². The fourth-order valence-corrected chi connectivity index (χ4v) is 1.30. The molecule has 0 saturated carbocycles. The number of nitrogen functional groups attached to an aromatic ring is 1. The van der Waals surface area contributed by atoms with Gasteiger partial charge in [0.1, 0.15) is 5.82 Å². The van der Waals surface area contributed by atoms with E-state index in [0.717, 1.165) is 6.54 Å². The van der Waals surface area contributed by atoms with Crippen LogP contribution in [0.5, 0.6) is 0 Å². The van der Waals surface area contributed by atoms with Crippen molar-refractivity contribution in [3.63, 3.8) is 0 Å². The number of hydrogen-bond donors (Lipinski definition) is 2. The van der Waals surface area contributed by atoms with Crippen molar-refractivity contribution < 1.29 is 9.18 Å². The molecule has 1 aromatic rings. The molecule has 3 N–H and O–H groups in total. The highest BCUT2D eigenvalue weighted by atomic mass is 19.1. The lowest BCUT2D eigenvalue weighted by Gasteiger charge is -2.13. The van der Waals surface area contributed by atoms with E-state index >= 15 is 0 Å². The predicted octanol–water partition coefficient (Wildman–Crippen LogP) is 1.69. The Hall–Kier alpha value is -1.62. The molecular weight excluding hydrogens is 221 g/mol. The highest BCUT2D eigenvalue weighted by Gasteiger charge is 2.05. The zero-order valence-electron chi connectivity index (χ0n) is 10.2. The van der Waals surface area contributed by atoms with Gasteiger partial charge in [0.2, 0.25) is 5.91 Å². The summed E-state index contributed by atoms with van der Waals surface area (Å²) < 4.78 is 12.9. The average molecular weight is 239 g/mol. The molecule has 0 spiro atoms. The summed E-state index contributed by atoms with van der Waals surface area (Å²) in [6.45, 7) is 3.62. The van der Waals surface area contributed by atoms with Crippen molar-refractivity contribution >= 4 is 17.3 Å². The molecule has 17 heavy (non-hydrogen) atoms. The van der Waals surface area contributed by atoms with E-state index in [1.807, 2.05) is 18.9 Å². The van der Waals surface area contributed by atoms with Crippen LogP contribution < -0.4 is 11.1 Å². The molecule has 94 valence electrons. The molecule has 0 unspecified atom stereocenters. The minimum atomic E-state index is -0.478. The first-order valence-corrected chi connectivity index (χ1v) is 5.56. The molecular formula is C12H18FN3O. The van der Waals surface area contributed by atoms with Crippen LogP contribution in [0.4, 0.5) is 15.8 Å². The summed E-state index contributed by atoms with van der Waals surface area (Å²) in [6.07, 6.45) is 0.404. The number of nitrogens with zero attached hydrogens (tertiary/aromatic N) is 1. The first-order chi connectivity index (χ1) is 8.02. The Bertz CT molecular complexity index is 395. The molecule has 0 heterocycles. The van der Waals surface area contributed by atoms with Crippen molar-refractivity contribution in [2.45, 2.75) is 13.3 Å². The third-order valence-electron chi connectivity index (χ3n) is 2.54. The van der Waals surface area contributed by atoms with Crippen molar-refractivity contribution in [1.82, 2.24) is 4.90 Å². The lowest BCUT2D eigenvalue weighted by Crippen LogP contribution is -2.24. The molecule has 1 aromatic carbocycles. The molecule has 0 atom stereocenters. The number of carbonyl (C=O) groups excluding carboxylic acids is 1. The van der Waals surface area contributed by atoms with Gasteiger partial charge in [-0.3, -0.25) is 4.79 Å². The van der Waals surface area contributed by atoms with E-state index in [0.29, 0.717) is 18.7 Å². The Morgan fingerprint density at radius 2 is 2.24 bits per heavy atom. The van der Waals surface area contributed by atoms with Gasteiger partial charge < -0.3 is 16.0 Å². The lowest BCUT2D eigenvalue weighted by atomic mass is 10.2. The van der Waals surface area contributed by atoms with Crippen LogP contribution in [0.1, 0.15) is 13.3 Å². The highest BCUT2D eigenvalue weighted by molar-refractivity contribution is 5.91. The number of halogens is 1. The van der Waals surface area contributed by atoms with E-state index in [-0.39, 0.29) is 11.6 Å². The van der Waals surface area contributed by atoms with Crippen LogP contribution in [0.15, 0.2) is 18.2 Å². The number of nitrogens with one attached hydrogen (secondary N) is 1. The first-order valence-electron chi connectivity index (χ1n) is 5.56. The summed E-state index contributed by atoms with van der Waals surface area (Å²) in [5.74, 6) is -0.579. The van der Waals surface area contributed by atoms with Crippen LogP contribution in [0.2, 0.25) is 0 Å². The van der Waals surface area contributed by atoms with Crippen molar-refractivity contribution in [2.24, 2.45) is 0 Å². The molecule has 5 heteroatoms. The SMILES string of the molecule is CCN(C)CCC(=O)Nc1ccc(F)c(N)c1. The smallest absolute Gasteiger partial charge is 0.225 e. The van der Waals surface area contributed by atoms with Crippen LogP contribution in [0.3, 0.4) is 0 Å². The van der Waals surface area contributed by atoms with Crippen molar-refractivity contribution in [3.05, 3.63) is 24.0 Å². The van der Waals surface area contributed by atoms with Crippen LogP contribution in [0.25, 0.3) is 0 Å². The monoisotopic (exact) mass is 239 g/mol. The molecule has 1 amide bonds. The maximum Gasteiger partial charge on any atom is 0.225 e. The summed E-state index contributed by atoms with van der Waals surface area (Å²) in [5.41, 5.74) is 5.96. The van der Waals surface area contributed by atoms with E-state index in [1.54, 1.807) is 0 Å². The topological polar surface area (TPSA) is 58.4 Å². The molecule has 0 aliphatic carbocycles. The molecule has 0 radical (unpaired) electrons. The second kappa shape index (κ2) is 6.20. The third-order valence-corrected chi connectivity index (χ3v) is 2.54. The summed E-state index contributed by atoms with van der Waals surface area (Å²) >= 11 is 0. The number of benzene rings is 1. The number of rotatable bonds is 5. The maximum absolute atomic E-state index is 12.9. The zero-order chi connectivity index (χ0) is 12.8. The molecule has 0 aromatic heterocycles. The van der Waals surface area contributed by atoms with Gasteiger partial charge in [0.05, 0.1) is 5.69 Å². The number of hydrogen-bond acceptors (Lipinski definition) is 3. The van der Waals surface area contributed by atoms with E-state index in [9.17, 15) is 9.18 Å². The van der Waals surface area contributed by atoms with Gasteiger partial charge in [-0.15, -0.1) is 0 Å². The fourth-order valence-electron chi connectivity index (χ4n) is 1.30. The standard InChI is InChI=1S/C12H18FN3O/c1-3-16(2)7-6-12(17)15-9-4-5-10(13)11(14)8-9/h4-5,8H,3,6-7,14H2,1-2H3,(H,15,17). The molecule has 0 saturated heterocycles. The van der Waals surface area contributed by atoms with Gasteiger partial charge in [-0.05, 0) is 31.8 Å². The van der Waals surface area contributed by atoms with Crippen LogP contribution in [-0.2, 0) is 4.79 Å². The Balaban J connectivity index is 2.48. The Morgan fingerprint density at radius 3 is 2.82 bits per heavy atom. The molecule has 0 fully saturated rings. The summed E-state index contributed by atoms with van der Waals surface area (Å²) in [7, 11) is 1.95. The van der Waals surface area contributed by atoms with Gasteiger partial charge in [0.15, 0.2) is 0 Å². The quantitative estimate of drug-likeness (QED) is 0.769. The van der Waals surface area contributed by atoms with E-state index in [2.05, 4.69) is 5.32 Å². The third kappa shape index (κ3) is 4.40. The maximum atomic E-state index is 12.9. The van der Waals surface area contributed by atoms with Gasteiger partial charge in [0.25, 0.3) is 0 Å². The number of carbonyl (C=O) groups is 1. The van der Waals surface area contributed by atoms with Crippen molar-refractivity contribution in [1.29, 1.82) is 0 Å². The predicted molar refractivity (Wildman–Crippen MR) is 67.2 cm³/mol. The number of amides is 1. The minimum absolute atomic E-state index is 0.0356. The van der Waals surface area contributed by atoms with Gasteiger partial charge >= 0.3 is 0 Å². The molecule has 4 nitrogen and oxygen atoms in total. The second-order valence-corrected chi connectivity index (χ2v) is 3.93. The highest BCUT2D eigenvalue weighted by Crippen LogP contribution is 2.16. The average Bonchev–Trinajstić information content (AvgIpc) is 2.31. The van der Waals surface area contributed by atoms with E-state index in [1.165, 1.54) is 18.2 Å². The number of nitrogens with two attached hydrogens (primary N) is 1. The summed E-state index contributed by atoms with van der Waals surface area (Å²) in [5, 5.41) is 2.68. The lowest BCUT2D eigenvalue weighted by molar-refractivity contribution is -0.116.